The number of methoxy groups -OCH3 is 1. The van der Waals surface area contributed by atoms with E-state index < -0.39 is 0 Å². The van der Waals surface area contributed by atoms with Crippen molar-refractivity contribution in [3.8, 4) is 0 Å². The molecule has 5 heteroatoms. The average Bonchev–Trinajstić information content (AvgIpc) is 2.20. The van der Waals surface area contributed by atoms with E-state index in [1.54, 1.807) is 13.2 Å². The second-order valence-electron chi connectivity index (χ2n) is 3.50. The summed E-state index contributed by atoms with van der Waals surface area (Å²) in [6.45, 7) is 2.78. The highest BCUT2D eigenvalue weighted by molar-refractivity contribution is 5.61. The highest BCUT2D eigenvalue weighted by Crippen LogP contribution is 2.15. The van der Waals surface area contributed by atoms with Gasteiger partial charge in [-0.15, -0.1) is 0 Å². The van der Waals surface area contributed by atoms with Gasteiger partial charge < -0.3 is 21.5 Å². The SMILES string of the molecule is COCCC(C)Nc1ccc(N)c(N)n1. The molecule has 1 aromatic rings. The molecule has 84 valence electrons. The highest BCUT2D eigenvalue weighted by Gasteiger charge is 2.03. The number of anilines is 3. The van der Waals surface area contributed by atoms with Gasteiger partial charge in [-0.05, 0) is 25.5 Å². The fourth-order valence-corrected chi connectivity index (χ4v) is 1.19. The summed E-state index contributed by atoms with van der Waals surface area (Å²) in [5.74, 6) is 1.10. The van der Waals surface area contributed by atoms with Crippen LogP contribution < -0.4 is 16.8 Å². The van der Waals surface area contributed by atoms with Crippen molar-refractivity contribution in [2.24, 2.45) is 0 Å². The van der Waals surface area contributed by atoms with Crippen LogP contribution in [0.15, 0.2) is 12.1 Å². The summed E-state index contributed by atoms with van der Waals surface area (Å²) >= 11 is 0. The zero-order valence-electron chi connectivity index (χ0n) is 9.16. The van der Waals surface area contributed by atoms with Gasteiger partial charge in [-0.2, -0.15) is 0 Å². The van der Waals surface area contributed by atoms with Crippen molar-refractivity contribution < 1.29 is 4.74 Å². The van der Waals surface area contributed by atoms with Crippen molar-refractivity contribution >= 4 is 17.3 Å². The lowest BCUT2D eigenvalue weighted by molar-refractivity contribution is 0.191. The van der Waals surface area contributed by atoms with Crippen molar-refractivity contribution in [2.45, 2.75) is 19.4 Å². The van der Waals surface area contributed by atoms with Crippen LogP contribution >= 0.6 is 0 Å². The van der Waals surface area contributed by atoms with E-state index in [2.05, 4.69) is 17.2 Å². The number of hydrogen-bond donors (Lipinski definition) is 3. The number of rotatable bonds is 5. The van der Waals surface area contributed by atoms with Gasteiger partial charge in [0.15, 0.2) is 0 Å². The van der Waals surface area contributed by atoms with Crippen molar-refractivity contribution in [3.05, 3.63) is 12.1 Å². The Hall–Kier alpha value is -1.49. The third-order valence-corrected chi connectivity index (χ3v) is 2.11. The third-order valence-electron chi connectivity index (χ3n) is 2.11. The molecule has 1 heterocycles. The largest absolute Gasteiger partial charge is 0.396 e. The topological polar surface area (TPSA) is 86.2 Å². The first-order valence-corrected chi connectivity index (χ1v) is 4.91. The van der Waals surface area contributed by atoms with Crippen LogP contribution in [0.3, 0.4) is 0 Å². The number of nitrogens with zero attached hydrogens (tertiary/aromatic N) is 1. The van der Waals surface area contributed by atoms with Crippen LogP contribution in [-0.4, -0.2) is 24.7 Å². The van der Waals surface area contributed by atoms with Crippen molar-refractivity contribution in [2.75, 3.05) is 30.5 Å². The molecule has 0 aliphatic carbocycles. The maximum atomic E-state index is 5.60. The van der Waals surface area contributed by atoms with Crippen molar-refractivity contribution in [1.82, 2.24) is 4.98 Å². The molecule has 5 nitrogen and oxygen atoms in total. The van der Waals surface area contributed by atoms with Gasteiger partial charge in [-0.1, -0.05) is 0 Å². The number of ether oxygens (including phenoxy) is 1. The quantitative estimate of drug-likeness (QED) is 0.677. The van der Waals surface area contributed by atoms with Crippen molar-refractivity contribution in [3.63, 3.8) is 0 Å². The Bertz CT molecular complexity index is 316. The molecule has 0 fully saturated rings. The first-order valence-electron chi connectivity index (χ1n) is 4.91. The minimum absolute atomic E-state index is 0.292. The van der Waals surface area contributed by atoms with Gasteiger partial charge in [-0.25, -0.2) is 4.98 Å². The zero-order chi connectivity index (χ0) is 11.3. The number of nitrogen functional groups attached to an aromatic ring is 2. The second kappa shape index (κ2) is 5.41. The molecule has 0 saturated carbocycles. The van der Waals surface area contributed by atoms with Crippen LogP contribution in [0.5, 0.6) is 0 Å². The Morgan fingerprint density at radius 1 is 1.47 bits per heavy atom. The lowest BCUT2D eigenvalue weighted by Gasteiger charge is -2.14. The van der Waals surface area contributed by atoms with Gasteiger partial charge >= 0.3 is 0 Å². The van der Waals surface area contributed by atoms with Gasteiger partial charge in [0.1, 0.15) is 11.6 Å². The molecule has 1 unspecified atom stereocenters. The smallest absolute Gasteiger partial charge is 0.149 e. The monoisotopic (exact) mass is 210 g/mol. The van der Waals surface area contributed by atoms with E-state index in [0.29, 0.717) is 17.5 Å². The van der Waals surface area contributed by atoms with E-state index in [9.17, 15) is 0 Å². The molecule has 1 aromatic heterocycles. The molecular weight excluding hydrogens is 192 g/mol. The van der Waals surface area contributed by atoms with Gasteiger partial charge in [0.05, 0.1) is 5.69 Å². The molecule has 1 rings (SSSR count). The van der Waals surface area contributed by atoms with Crippen LogP contribution in [0.1, 0.15) is 13.3 Å². The lowest BCUT2D eigenvalue weighted by atomic mass is 10.2. The van der Waals surface area contributed by atoms with E-state index >= 15 is 0 Å². The van der Waals surface area contributed by atoms with Gasteiger partial charge in [-0.3, -0.25) is 0 Å². The molecule has 0 radical (unpaired) electrons. The summed E-state index contributed by atoms with van der Waals surface area (Å²) in [5.41, 5.74) is 11.7. The standard InChI is InChI=1S/C10H18N4O/c1-7(5-6-15-2)13-9-4-3-8(11)10(12)14-9/h3-4,7H,5-6,11H2,1-2H3,(H3,12,13,14). The molecule has 0 aromatic carbocycles. The van der Waals surface area contributed by atoms with E-state index in [-0.39, 0.29) is 0 Å². The summed E-state index contributed by atoms with van der Waals surface area (Å²) in [7, 11) is 1.69. The minimum Gasteiger partial charge on any atom is -0.396 e. The summed E-state index contributed by atoms with van der Waals surface area (Å²) in [4.78, 5) is 4.12. The predicted octanol–water partition coefficient (Wildman–Crippen LogP) is 1.08. The maximum absolute atomic E-state index is 5.60. The van der Waals surface area contributed by atoms with E-state index in [0.717, 1.165) is 18.8 Å². The fourth-order valence-electron chi connectivity index (χ4n) is 1.19. The summed E-state index contributed by atoms with van der Waals surface area (Å²) in [6.07, 6.45) is 0.919. The van der Waals surface area contributed by atoms with Crippen LogP contribution in [0.4, 0.5) is 17.3 Å². The van der Waals surface area contributed by atoms with Crippen LogP contribution in [0.2, 0.25) is 0 Å². The first-order chi connectivity index (χ1) is 7.13. The van der Waals surface area contributed by atoms with Gasteiger partial charge in [0.2, 0.25) is 0 Å². The molecule has 0 spiro atoms. The minimum atomic E-state index is 0.292. The number of aromatic nitrogens is 1. The number of nitrogens with one attached hydrogen (secondary N) is 1. The predicted molar refractivity (Wildman–Crippen MR) is 62.6 cm³/mol. The Kier molecular flexibility index (Phi) is 4.17. The molecule has 15 heavy (non-hydrogen) atoms. The number of pyridine rings is 1. The van der Waals surface area contributed by atoms with Crippen LogP contribution in [0, 0.1) is 0 Å². The van der Waals surface area contributed by atoms with Gasteiger partial charge in [0.25, 0.3) is 0 Å². The highest BCUT2D eigenvalue weighted by atomic mass is 16.5. The maximum Gasteiger partial charge on any atom is 0.149 e. The van der Waals surface area contributed by atoms with Crippen molar-refractivity contribution in [1.29, 1.82) is 0 Å². The molecule has 0 aliphatic heterocycles. The van der Waals surface area contributed by atoms with Gasteiger partial charge in [0, 0.05) is 19.8 Å². The molecule has 1 atom stereocenters. The normalized spacial score (nSPS) is 12.4. The average molecular weight is 210 g/mol. The summed E-state index contributed by atoms with van der Waals surface area (Å²) in [5, 5.41) is 3.22. The fraction of sp³-hybridized carbons (Fsp3) is 0.500. The van der Waals surface area contributed by atoms with E-state index in [1.165, 1.54) is 0 Å². The first kappa shape index (κ1) is 11.6. The third kappa shape index (κ3) is 3.63. The number of nitrogens with two attached hydrogens (primary N) is 2. The molecule has 5 N–H and O–H groups in total. The van der Waals surface area contributed by atoms with Crippen LogP contribution in [0.25, 0.3) is 0 Å². The Morgan fingerprint density at radius 2 is 2.20 bits per heavy atom. The summed E-state index contributed by atoms with van der Waals surface area (Å²) < 4.78 is 4.99. The molecule has 0 saturated heterocycles. The van der Waals surface area contributed by atoms with E-state index in [1.807, 2.05) is 6.07 Å². The molecule has 0 bridgehead atoms. The Balaban J connectivity index is 2.53. The van der Waals surface area contributed by atoms with Crippen LogP contribution in [-0.2, 0) is 4.74 Å². The zero-order valence-corrected chi connectivity index (χ0v) is 9.16. The Labute approximate surface area is 89.8 Å². The lowest BCUT2D eigenvalue weighted by Crippen LogP contribution is -2.18. The molecule has 0 amide bonds. The summed E-state index contributed by atoms with van der Waals surface area (Å²) in [6, 6.07) is 3.85. The Morgan fingerprint density at radius 3 is 2.80 bits per heavy atom. The van der Waals surface area contributed by atoms with E-state index in [4.69, 9.17) is 16.2 Å². The second-order valence-corrected chi connectivity index (χ2v) is 3.50. The molecule has 0 aliphatic rings. The molecular formula is C10H18N4O. The number of hydrogen-bond acceptors (Lipinski definition) is 5.